The van der Waals surface area contributed by atoms with Crippen LogP contribution in [0.2, 0.25) is 0 Å². The zero-order valence-corrected chi connectivity index (χ0v) is 14.5. The molecule has 2 aromatic rings. The summed E-state index contributed by atoms with van der Waals surface area (Å²) in [6.45, 7) is 4.30. The van der Waals surface area contributed by atoms with Gasteiger partial charge < -0.3 is 20.1 Å². The monoisotopic (exact) mass is 340 g/mol. The molecule has 25 heavy (non-hydrogen) atoms. The van der Waals surface area contributed by atoms with Gasteiger partial charge in [-0.25, -0.2) is 0 Å². The molecule has 3 rings (SSSR count). The van der Waals surface area contributed by atoms with Crippen LogP contribution in [0.3, 0.4) is 0 Å². The van der Waals surface area contributed by atoms with E-state index in [1.165, 1.54) is 0 Å². The summed E-state index contributed by atoms with van der Waals surface area (Å²) >= 11 is 0. The van der Waals surface area contributed by atoms with Crippen LogP contribution in [0.1, 0.15) is 19.8 Å². The molecule has 1 aliphatic rings. The highest BCUT2D eigenvalue weighted by Gasteiger charge is 2.21. The molecule has 1 unspecified atom stereocenters. The Labute approximate surface area is 148 Å². The van der Waals surface area contributed by atoms with Crippen molar-refractivity contribution in [2.24, 2.45) is 5.92 Å². The van der Waals surface area contributed by atoms with E-state index in [0.717, 1.165) is 31.7 Å². The number of hydrogen-bond donors (Lipinski definition) is 2. The van der Waals surface area contributed by atoms with Crippen molar-refractivity contribution in [3.05, 3.63) is 48.5 Å². The highest BCUT2D eigenvalue weighted by Crippen LogP contribution is 2.30. The van der Waals surface area contributed by atoms with Crippen molar-refractivity contribution < 1.29 is 14.3 Å². The third-order valence-electron chi connectivity index (χ3n) is 4.18. The lowest BCUT2D eigenvalue weighted by atomic mass is 9.99. The van der Waals surface area contributed by atoms with Crippen LogP contribution < -0.4 is 20.1 Å². The largest absolute Gasteiger partial charge is 0.494 e. The van der Waals surface area contributed by atoms with Crippen molar-refractivity contribution in [1.82, 2.24) is 5.32 Å². The molecule has 1 heterocycles. The molecule has 0 bridgehead atoms. The number of nitrogens with one attached hydrogen (secondary N) is 2. The Morgan fingerprint density at radius 2 is 1.92 bits per heavy atom. The van der Waals surface area contributed by atoms with E-state index in [1.54, 1.807) is 0 Å². The van der Waals surface area contributed by atoms with Gasteiger partial charge in [0.1, 0.15) is 11.5 Å². The topological polar surface area (TPSA) is 59.6 Å². The van der Waals surface area contributed by atoms with Gasteiger partial charge in [-0.15, -0.1) is 0 Å². The molecule has 1 fully saturated rings. The maximum Gasteiger partial charge on any atom is 0.228 e. The number of carbonyl (C=O) groups is 1. The summed E-state index contributed by atoms with van der Waals surface area (Å²) in [5, 5.41) is 6.27. The first kappa shape index (κ1) is 17.3. The minimum Gasteiger partial charge on any atom is -0.494 e. The summed E-state index contributed by atoms with van der Waals surface area (Å²) < 4.78 is 11.4. The first-order valence-electron chi connectivity index (χ1n) is 8.77. The predicted molar refractivity (Wildman–Crippen MR) is 98.4 cm³/mol. The van der Waals surface area contributed by atoms with E-state index in [2.05, 4.69) is 10.6 Å². The van der Waals surface area contributed by atoms with Gasteiger partial charge in [0.25, 0.3) is 0 Å². The van der Waals surface area contributed by atoms with Gasteiger partial charge in [0.15, 0.2) is 5.75 Å². The fourth-order valence-electron chi connectivity index (χ4n) is 2.87. The molecule has 0 aliphatic carbocycles. The Balaban J connectivity index is 1.68. The molecule has 1 saturated heterocycles. The Bertz CT molecular complexity index is 694. The van der Waals surface area contributed by atoms with E-state index in [1.807, 2.05) is 55.5 Å². The Kier molecular flexibility index (Phi) is 5.90. The van der Waals surface area contributed by atoms with E-state index in [0.29, 0.717) is 23.8 Å². The molecule has 0 aromatic heterocycles. The molecule has 5 heteroatoms. The second kappa shape index (κ2) is 8.53. The molecular formula is C20H24N2O3. The first-order chi connectivity index (χ1) is 12.3. The molecule has 0 saturated carbocycles. The zero-order chi connectivity index (χ0) is 17.5. The average Bonchev–Trinajstić information content (AvgIpc) is 2.66. The highest BCUT2D eigenvalue weighted by atomic mass is 16.5. The molecule has 5 nitrogen and oxygen atoms in total. The summed E-state index contributed by atoms with van der Waals surface area (Å²) in [4.78, 5) is 12.5. The van der Waals surface area contributed by atoms with E-state index in [-0.39, 0.29) is 11.8 Å². The van der Waals surface area contributed by atoms with Gasteiger partial charge in [0.2, 0.25) is 5.91 Å². The van der Waals surface area contributed by atoms with Crippen molar-refractivity contribution in [1.29, 1.82) is 0 Å². The number of amides is 1. The summed E-state index contributed by atoms with van der Waals surface area (Å²) in [6, 6.07) is 14.9. The van der Waals surface area contributed by atoms with E-state index in [9.17, 15) is 4.79 Å². The van der Waals surface area contributed by atoms with Gasteiger partial charge >= 0.3 is 0 Å². The van der Waals surface area contributed by atoms with E-state index >= 15 is 0 Å². The molecule has 0 spiro atoms. The second-order valence-corrected chi connectivity index (χ2v) is 6.04. The Morgan fingerprint density at radius 3 is 2.64 bits per heavy atom. The molecule has 1 amide bonds. The molecule has 1 atom stereocenters. The summed E-state index contributed by atoms with van der Waals surface area (Å²) in [5.41, 5.74) is 0.687. The van der Waals surface area contributed by atoms with Crippen LogP contribution in [0.5, 0.6) is 17.2 Å². The molecule has 2 N–H and O–H groups in total. The van der Waals surface area contributed by atoms with Gasteiger partial charge in [-0.1, -0.05) is 12.1 Å². The highest BCUT2D eigenvalue weighted by molar-refractivity contribution is 5.94. The van der Waals surface area contributed by atoms with Crippen molar-refractivity contribution in [3.8, 4) is 17.2 Å². The minimum atomic E-state index is 0.00674. The van der Waals surface area contributed by atoms with Crippen molar-refractivity contribution in [3.63, 3.8) is 0 Å². The van der Waals surface area contributed by atoms with Crippen LogP contribution in [0.25, 0.3) is 0 Å². The van der Waals surface area contributed by atoms with Crippen molar-refractivity contribution in [2.45, 2.75) is 19.8 Å². The van der Waals surface area contributed by atoms with Gasteiger partial charge in [-0.3, -0.25) is 4.79 Å². The van der Waals surface area contributed by atoms with Crippen LogP contribution in [0.4, 0.5) is 5.69 Å². The molecule has 132 valence electrons. The Hall–Kier alpha value is -2.53. The fourth-order valence-corrected chi connectivity index (χ4v) is 2.87. The first-order valence-corrected chi connectivity index (χ1v) is 8.77. The van der Waals surface area contributed by atoms with Crippen LogP contribution in [-0.2, 0) is 4.79 Å². The number of para-hydroxylation sites is 2. The third-order valence-corrected chi connectivity index (χ3v) is 4.18. The summed E-state index contributed by atoms with van der Waals surface area (Å²) in [6.07, 6.45) is 1.95. The number of benzene rings is 2. The second-order valence-electron chi connectivity index (χ2n) is 6.04. The summed E-state index contributed by atoms with van der Waals surface area (Å²) in [7, 11) is 0. The van der Waals surface area contributed by atoms with Gasteiger partial charge in [-0.05, 0) is 62.7 Å². The maximum atomic E-state index is 12.5. The fraction of sp³-hybridized carbons (Fsp3) is 0.350. The summed E-state index contributed by atoms with van der Waals surface area (Å²) in [5.74, 6) is 2.18. The van der Waals surface area contributed by atoms with E-state index < -0.39 is 0 Å². The molecule has 1 aliphatic heterocycles. The normalized spacial score (nSPS) is 16.9. The molecule has 2 aromatic carbocycles. The molecular weight excluding hydrogens is 316 g/mol. The lowest BCUT2D eigenvalue weighted by Gasteiger charge is -2.22. The number of ether oxygens (including phenoxy) is 2. The minimum absolute atomic E-state index is 0.00674. The molecule has 0 radical (unpaired) electrons. The standard InChI is InChI=1S/C20H24N2O3/c1-2-24-16-9-11-17(12-10-16)25-19-8-4-3-7-18(19)22-20(23)15-6-5-13-21-14-15/h3-4,7-12,15,21H,2,5-6,13-14H2,1H3,(H,22,23). The predicted octanol–water partition coefficient (Wildman–Crippen LogP) is 3.82. The number of rotatable bonds is 6. The van der Waals surface area contributed by atoms with Gasteiger partial charge in [-0.2, -0.15) is 0 Å². The van der Waals surface area contributed by atoms with Crippen LogP contribution >= 0.6 is 0 Å². The smallest absolute Gasteiger partial charge is 0.228 e. The Morgan fingerprint density at radius 1 is 1.16 bits per heavy atom. The zero-order valence-electron chi connectivity index (χ0n) is 14.5. The van der Waals surface area contributed by atoms with Crippen LogP contribution in [0, 0.1) is 5.92 Å². The number of piperidine rings is 1. The van der Waals surface area contributed by atoms with E-state index in [4.69, 9.17) is 9.47 Å². The third kappa shape index (κ3) is 4.73. The number of hydrogen-bond acceptors (Lipinski definition) is 4. The maximum absolute atomic E-state index is 12.5. The quantitative estimate of drug-likeness (QED) is 0.839. The SMILES string of the molecule is CCOc1ccc(Oc2ccccc2NC(=O)C2CCCNC2)cc1. The average molecular weight is 340 g/mol. The van der Waals surface area contributed by atoms with Crippen molar-refractivity contribution in [2.75, 3.05) is 25.0 Å². The van der Waals surface area contributed by atoms with Crippen molar-refractivity contribution >= 4 is 11.6 Å². The van der Waals surface area contributed by atoms with Gasteiger partial charge in [0.05, 0.1) is 18.2 Å². The number of anilines is 1. The van der Waals surface area contributed by atoms with Crippen LogP contribution in [-0.4, -0.2) is 25.6 Å². The van der Waals surface area contributed by atoms with Crippen LogP contribution in [0.15, 0.2) is 48.5 Å². The lowest BCUT2D eigenvalue weighted by Crippen LogP contribution is -2.37. The lowest BCUT2D eigenvalue weighted by molar-refractivity contribution is -0.120. The number of carbonyl (C=O) groups excluding carboxylic acids is 1. The van der Waals surface area contributed by atoms with Gasteiger partial charge in [0, 0.05) is 6.54 Å².